The van der Waals surface area contributed by atoms with Crippen LogP contribution in [0.1, 0.15) is 55.0 Å². The Morgan fingerprint density at radius 1 is 1.30 bits per heavy atom. The fourth-order valence-electron chi connectivity index (χ4n) is 4.08. The number of hydrogen-bond donors (Lipinski definition) is 1. The van der Waals surface area contributed by atoms with Crippen LogP contribution in [0.15, 0.2) is 29.6 Å². The molecule has 0 aliphatic heterocycles. The van der Waals surface area contributed by atoms with E-state index in [1.807, 2.05) is 29.8 Å². The molecule has 7 nitrogen and oxygen atoms in total. The molecule has 0 bridgehead atoms. The third-order valence-electron chi connectivity index (χ3n) is 5.62. The third kappa shape index (κ3) is 2.83. The van der Waals surface area contributed by atoms with E-state index in [0.29, 0.717) is 10.8 Å². The maximum absolute atomic E-state index is 11.9. The normalized spacial score (nSPS) is 20.0. The van der Waals surface area contributed by atoms with Crippen LogP contribution < -0.4 is 5.32 Å². The van der Waals surface area contributed by atoms with Gasteiger partial charge in [0.1, 0.15) is 6.33 Å². The van der Waals surface area contributed by atoms with Crippen LogP contribution in [-0.4, -0.2) is 28.5 Å². The van der Waals surface area contributed by atoms with E-state index < -0.39 is 11.1 Å². The summed E-state index contributed by atoms with van der Waals surface area (Å²) in [5, 5.41) is 13.4. The molecule has 0 spiro atoms. The Bertz CT molecular complexity index is 1060. The van der Waals surface area contributed by atoms with Crippen LogP contribution in [0.25, 0.3) is 10.8 Å². The lowest BCUT2D eigenvalue weighted by Gasteiger charge is -2.19. The van der Waals surface area contributed by atoms with Gasteiger partial charge >= 0.3 is 0 Å². The summed E-state index contributed by atoms with van der Waals surface area (Å²) in [7, 11) is 0. The molecule has 1 N–H and O–H groups in total. The number of anilines is 1. The van der Waals surface area contributed by atoms with Gasteiger partial charge in [-0.2, -0.15) is 0 Å². The number of rotatable bonds is 5. The van der Waals surface area contributed by atoms with Gasteiger partial charge < -0.3 is 14.4 Å². The number of aromatic nitrogens is 4. The van der Waals surface area contributed by atoms with Gasteiger partial charge in [0.15, 0.2) is 0 Å². The van der Waals surface area contributed by atoms with Crippen LogP contribution >= 0.6 is 0 Å². The first-order valence-corrected chi connectivity index (χ1v) is 10.4. The minimum atomic E-state index is -2.27. The maximum Gasteiger partial charge on any atom is 0.224 e. The Morgan fingerprint density at radius 2 is 2.15 bits per heavy atom. The SMILES string of the molecule is CCn1cnnc1N[C@H]1CCc2cc(S(=O)[O-])c3cc(C4CC4)ncc3c21. The second-order valence-electron chi connectivity index (χ2n) is 7.29. The molecule has 3 aromatic rings. The molecule has 1 aromatic carbocycles. The number of fused-ring (bicyclic) bond motifs is 3. The van der Waals surface area contributed by atoms with Gasteiger partial charge in [0.25, 0.3) is 0 Å². The molecule has 0 saturated heterocycles. The summed E-state index contributed by atoms with van der Waals surface area (Å²) in [5.74, 6) is 1.22. The zero-order valence-corrected chi connectivity index (χ0v) is 15.8. The molecule has 0 radical (unpaired) electrons. The molecule has 2 aliphatic rings. The van der Waals surface area contributed by atoms with Crippen LogP contribution in [0.5, 0.6) is 0 Å². The molecule has 8 heteroatoms. The van der Waals surface area contributed by atoms with Crippen LogP contribution in [0.3, 0.4) is 0 Å². The summed E-state index contributed by atoms with van der Waals surface area (Å²) < 4.78 is 25.7. The fraction of sp³-hybridized carbons (Fsp3) is 0.421. The zero-order chi connectivity index (χ0) is 18.5. The molecule has 2 aromatic heterocycles. The highest BCUT2D eigenvalue weighted by Gasteiger charge is 2.30. The van der Waals surface area contributed by atoms with E-state index in [1.54, 1.807) is 6.33 Å². The molecule has 2 heterocycles. The average Bonchev–Trinajstić information content (AvgIpc) is 3.30. The Kier molecular flexibility index (Phi) is 3.98. The average molecular weight is 382 g/mol. The number of benzene rings is 1. The first-order chi connectivity index (χ1) is 13.2. The molecule has 1 fully saturated rings. The molecule has 1 unspecified atom stereocenters. The third-order valence-corrected chi connectivity index (χ3v) is 6.31. The van der Waals surface area contributed by atoms with Gasteiger partial charge in [-0.05, 0) is 66.9 Å². The lowest BCUT2D eigenvalue weighted by atomic mass is 9.99. The van der Waals surface area contributed by atoms with Crippen molar-refractivity contribution in [3.05, 3.63) is 41.5 Å². The zero-order valence-electron chi connectivity index (χ0n) is 15.0. The van der Waals surface area contributed by atoms with Crippen LogP contribution in [0.2, 0.25) is 0 Å². The molecule has 5 rings (SSSR count). The van der Waals surface area contributed by atoms with Gasteiger partial charge in [-0.3, -0.25) is 9.19 Å². The van der Waals surface area contributed by atoms with Crippen molar-refractivity contribution in [2.24, 2.45) is 0 Å². The summed E-state index contributed by atoms with van der Waals surface area (Å²) in [6.07, 6.45) is 7.57. The Morgan fingerprint density at radius 3 is 2.89 bits per heavy atom. The number of hydrogen-bond acceptors (Lipinski definition) is 6. The molecular weight excluding hydrogens is 362 g/mol. The van der Waals surface area contributed by atoms with E-state index in [9.17, 15) is 8.76 Å². The van der Waals surface area contributed by atoms with Crippen molar-refractivity contribution in [3.63, 3.8) is 0 Å². The van der Waals surface area contributed by atoms with Crippen LogP contribution in [0, 0.1) is 0 Å². The van der Waals surface area contributed by atoms with Crippen molar-refractivity contribution >= 4 is 27.8 Å². The van der Waals surface area contributed by atoms with E-state index in [0.717, 1.165) is 65.8 Å². The Balaban J connectivity index is 1.64. The van der Waals surface area contributed by atoms with Crippen LogP contribution in [0.4, 0.5) is 5.95 Å². The van der Waals surface area contributed by atoms with Crippen molar-refractivity contribution in [2.45, 2.75) is 56.0 Å². The number of nitrogens with one attached hydrogen (secondary N) is 1. The van der Waals surface area contributed by atoms with Gasteiger partial charge in [-0.25, -0.2) is 0 Å². The van der Waals surface area contributed by atoms with Crippen LogP contribution in [-0.2, 0) is 24.0 Å². The topological polar surface area (TPSA) is 95.8 Å². The molecule has 2 aliphatic carbocycles. The summed E-state index contributed by atoms with van der Waals surface area (Å²) in [6.45, 7) is 2.84. The van der Waals surface area contributed by atoms with Crippen molar-refractivity contribution in [2.75, 3.05) is 5.32 Å². The lowest BCUT2D eigenvalue weighted by Crippen LogP contribution is -2.12. The first kappa shape index (κ1) is 16.8. The molecule has 1 saturated carbocycles. The molecule has 2 atom stereocenters. The highest BCUT2D eigenvalue weighted by molar-refractivity contribution is 7.79. The summed E-state index contributed by atoms with van der Waals surface area (Å²) in [4.78, 5) is 5.03. The van der Waals surface area contributed by atoms with Gasteiger partial charge in [0, 0.05) is 40.0 Å². The standard InChI is InChI=1S/C19H21N5O2S/c1-2-24-10-21-23-19(24)22-15-6-5-12-7-17(27(25)26)13-8-16(11-3-4-11)20-9-14(13)18(12)15/h7-11,15H,2-6H2,1H3,(H,22,23)(H,25,26)/p-1/t15-/m0/s1. The van der Waals surface area contributed by atoms with Gasteiger partial charge in [-0.1, -0.05) is 0 Å². The number of pyridine rings is 1. The molecule has 140 valence electrons. The number of nitrogens with zero attached hydrogens (tertiary/aromatic N) is 4. The first-order valence-electron chi connectivity index (χ1n) is 9.34. The van der Waals surface area contributed by atoms with Gasteiger partial charge in [-0.15, -0.1) is 10.2 Å². The maximum atomic E-state index is 11.9. The van der Waals surface area contributed by atoms with Crippen molar-refractivity contribution in [1.82, 2.24) is 19.7 Å². The van der Waals surface area contributed by atoms with E-state index in [1.165, 1.54) is 0 Å². The largest absolute Gasteiger partial charge is 0.768 e. The summed E-state index contributed by atoms with van der Waals surface area (Å²) in [5.41, 5.74) is 3.21. The second-order valence-corrected chi connectivity index (χ2v) is 8.20. The second kappa shape index (κ2) is 6.38. The predicted octanol–water partition coefficient (Wildman–Crippen LogP) is 3.06. The quantitative estimate of drug-likeness (QED) is 0.681. The Labute approximate surface area is 159 Å². The molecule has 27 heavy (non-hydrogen) atoms. The lowest BCUT2D eigenvalue weighted by molar-refractivity contribution is 0.538. The van der Waals surface area contributed by atoms with Crippen molar-refractivity contribution in [3.8, 4) is 0 Å². The Hall–Kier alpha value is -2.32. The predicted molar refractivity (Wildman–Crippen MR) is 101 cm³/mol. The van der Waals surface area contributed by atoms with Gasteiger partial charge in [0.2, 0.25) is 5.95 Å². The summed E-state index contributed by atoms with van der Waals surface area (Å²) in [6, 6.07) is 3.88. The van der Waals surface area contributed by atoms with E-state index in [2.05, 4.69) is 20.5 Å². The fourth-order valence-corrected chi connectivity index (χ4v) is 4.66. The summed E-state index contributed by atoms with van der Waals surface area (Å²) >= 11 is -2.27. The van der Waals surface area contributed by atoms with E-state index >= 15 is 0 Å². The molecule has 0 amide bonds. The molecular formula is C19H20N5O2S-. The highest BCUT2D eigenvalue weighted by Crippen LogP contribution is 2.44. The smallest absolute Gasteiger partial charge is 0.224 e. The van der Waals surface area contributed by atoms with Gasteiger partial charge in [0.05, 0.1) is 6.04 Å². The van der Waals surface area contributed by atoms with E-state index in [4.69, 9.17) is 0 Å². The minimum Gasteiger partial charge on any atom is -0.768 e. The minimum absolute atomic E-state index is 0.0692. The number of aryl methyl sites for hydroxylation is 2. The van der Waals surface area contributed by atoms with Crippen molar-refractivity contribution < 1.29 is 8.76 Å². The van der Waals surface area contributed by atoms with Crippen molar-refractivity contribution in [1.29, 1.82) is 0 Å². The van der Waals surface area contributed by atoms with E-state index in [-0.39, 0.29) is 6.04 Å². The monoisotopic (exact) mass is 382 g/mol. The highest BCUT2D eigenvalue weighted by atomic mass is 32.2.